The third-order valence-electron chi connectivity index (χ3n) is 0.791. The summed E-state index contributed by atoms with van der Waals surface area (Å²) in [7, 11) is -0.498. The average Bonchev–Trinajstić information content (AvgIpc) is 1.84. The topological polar surface area (TPSA) is 35.5 Å². The van der Waals surface area contributed by atoms with Gasteiger partial charge in [0.05, 0.1) is 0 Å². The molecule has 0 atom stereocenters. The molecule has 0 aliphatic carbocycles. The lowest BCUT2D eigenvalue weighted by Crippen LogP contribution is -2.04. The van der Waals surface area contributed by atoms with Crippen molar-refractivity contribution in [1.82, 2.24) is 0 Å². The minimum absolute atomic E-state index is 0.997. The molecule has 0 radical (unpaired) electrons. The quantitative estimate of drug-likeness (QED) is 0.560. The third kappa shape index (κ3) is 2.57. The Kier molecular flexibility index (Phi) is 4.64. The Morgan fingerprint density at radius 1 is 1.20 bits per heavy atom. The highest BCUT2D eigenvalue weighted by atomic mass is 80.0. The van der Waals surface area contributed by atoms with Gasteiger partial charge in [0.2, 0.25) is 1.88 Å². The van der Waals surface area contributed by atoms with Crippen molar-refractivity contribution in [3.05, 3.63) is 0 Å². The minimum Gasteiger partial charge on any atom is -0.310 e. The van der Waals surface area contributed by atoms with Crippen LogP contribution < -0.4 is 0 Å². The Morgan fingerprint density at radius 3 is 1.50 bits per heavy atom. The fraction of sp³-hybridized carbons (Fsp3) is 1.00. The number of hydrogen-bond donors (Lipinski definition) is 0. The van der Waals surface area contributed by atoms with Crippen molar-refractivity contribution < 1.29 is 13.6 Å². The number of alkyl halides is 3. The van der Waals surface area contributed by atoms with Crippen LogP contribution >= 0.6 is 55.4 Å². The lowest BCUT2D eigenvalue weighted by atomic mass is 11.8. The molecule has 0 spiro atoms. The first-order valence-electron chi connectivity index (χ1n) is 2.15. The molecule has 7 heteroatoms. The van der Waals surface area contributed by atoms with Crippen molar-refractivity contribution in [2.75, 3.05) is 14.2 Å². The Labute approximate surface area is 84.8 Å². The van der Waals surface area contributed by atoms with Crippen LogP contribution in [0.15, 0.2) is 0 Å². The summed E-state index contributed by atoms with van der Waals surface area (Å²) >= 11 is 9.13. The van der Waals surface area contributed by atoms with Crippen LogP contribution in [-0.4, -0.2) is 16.1 Å². The van der Waals surface area contributed by atoms with E-state index in [9.17, 15) is 4.57 Å². The van der Waals surface area contributed by atoms with Crippen molar-refractivity contribution in [1.29, 1.82) is 0 Å². The molecule has 0 heterocycles. The number of halogens is 3. The zero-order valence-corrected chi connectivity index (χ0v) is 11.0. The summed E-state index contributed by atoms with van der Waals surface area (Å²) in [6.07, 6.45) is 0. The second-order valence-corrected chi connectivity index (χ2v) is 12.3. The van der Waals surface area contributed by atoms with Crippen LogP contribution in [0.2, 0.25) is 0 Å². The molecular weight excluding hydrogens is 355 g/mol. The highest BCUT2D eigenvalue weighted by Gasteiger charge is 2.43. The summed E-state index contributed by atoms with van der Waals surface area (Å²) in [5.74, 6) is 0. The van der Waals surface area contributed by atoms with Crippen molar-refractivity contribution >= 4 is 55.4 Å². The van der Waals surface area contributed by atoms with E-state index < -0.39 is 9.48 Å². The first-order chi connectivity index (χ1) is 4.37. The van der Waals surface area contributed by atoms with Gasteiger partial charge >= 0.3 is 7.60 Å². The summed E-state index contributed by atoms with van der Waals surface area (Å²) in [6.45, 7) is 0. The van der Waals surface area contributed by atoms with Crippen LogP contribution in [0.4, 0.5) is 0 Å². The van der Waals surface area contributed by atoms with Crippen LogP contribution in [-0.2, 0) is 13.6 Å². The number of rotatable bonds is 2. The lowest BCUT2D eigenvalue weighted by Gasteiger charge is -2.21. The van der Waals surface area contributed by atoms with Gasteiger partial charge in [0.1, 0.15) is 0 Å². The number of hydrogen-bond acceptors (Lipinski definition) is 3. The van der Waals surface area contributed by atoms with E-state index in [1.54, 1.807) is 0 Å². The van der Waals surface area contributed by atoms with Gasteiger partial charge in [-0.25, -0.2) is 0 Å². The second kappa shape index (κ2) is 4.01. The molecule has 0 amide bonds. The molecule has 0 aromatic carbocycles. The maximum Gasteiger partial charge on any atom is 0.368 e. The Balaban J connectivity index is 4.51. The highest BCUT2D eigenvalue weighted by Crippen LogP contribution is 2.68. The van der Waals surface area contributed by atoms with Crippen LogP contribution in [0.1, 0.15) is 0 Å². The van der Waals surface area contributed by atoms with Gasteiger partial charge in [0.25, 0.3) is 0 Å². The zero-order chi connectivity index (χ0) is 8.41. The molecule has 0 fully saturated rings. The molecule has 0 unspecified atom stereocenters. The van der Waals surface area contributed by atoms with Gasteiger partial charge in [-0.2, -0.15) is 0 Å². The van der Waals surface area contributed by atoms with Crippen molar-refractivity contribution in [3.8, 4) is 0 Å². The average molecular weight is 361 g/mol. The Hall–Kier alpha value is 1.59. The molecule has 10 heavy (non-hydrogen) atoms. The van der Waals surface area contributed by atoms with Crippen LogP contribution in [0.3, 0.4) is 0 Å². The fourth-order valence-corrected chi connectivity index (χ4v) is 3.45. The van der Waals surface area contributed by atoms with Gasteiger partial charge in [-0.3, -0.25) is 4.57 Å². The van der Waals surface area contributed by atoms with E-state index in [1.165, 1.54) is 14.2 Å². The molecule has 0 aliphatic rings. The first kappa shape index (κ1) is 11.6. The van der Waals surface area contributed by atoms with E-state index in [-0.39, 0.29) is 0 Å². The van der Waals surface area contributed by atoms with Gasteiger partial charge in [-0.05, 0) is 47.8 Å². The maximum atomic E-state index is 11.4. The molecule has 0 aromatic rings. The predicted octanol–water partition coefficient (Wildman–Crippen LogP) is 3.27. The summed E-state index contributed by atoms with van der Waals surface area (Å²) in [5.41, 5.74) is 0. The first-order valence-corrected chi connectivity index (χ1v) is 6.08. The van der Waals surface area contributed by atoms with Gasteiger partial charge in [0.15, 0.2) is 0 Å². The second-order valence-electron chi connectivity index (χ2n) is 1.33. The minimum atomic E-state index is -3.11. The van der Waals surface area contributed by atoms with E-state index in [1.807, 2.05) is 0 Å². The molecule has 62 valence electrons. The predicted molar refractivity (Wildman–Crippen MR) is 51.1 cm³/mol. The summed E-state index contributed by atoms with van der Waals surface area (Å²) in [5, 5.41) is 0. The van der Waals surface area contributed by atoms with E-state index in [0.29, 0.717) is 0 Å². The Bertz CT molecular complexity index is 146. The standard InChI is InChI=1S/C3H6Br3O3P/c1-8-10(7,9-2)3(4,5)6/h1-2H3. The summed E-state index contributed by atoms with van der Waals surface area (Å²) < 4.78 is 19.7. The molecule has 0 bridgehead atoms. The van der Waals surface area contributed by atoms with Crippen LogP contribution in [0.25, 0.3) is 0 Å². The third-order valence-corrected chi connectivity index (χ3v) is 6.28. The lowest BCUT2D eigenvalue weighted by molar-refractivity contribution is 0.278. The molecule has 0 saturated carbocycles. The van der Waals surface area contributed by atoms with E-state index in [2.05, 4.69) is 56.8 Å². The largest absolute Gasteiger partial charge is 0.368 e. The normalized spacial score (nSPS) is 13.7. The molecule has 0 N–H and O–H groups in total. The monoisotopic (exact) mass is 358 g/mol. The zero-order valence-electron chi connectivity index (χ0n) is 5.31. The van der Waals surface area contributed by atoms with Crippen molar-refractivity contribution in [3.63, 3.8) is 0 Å². The van der Waals surface area contributed by atoms with Gasteiger partial charge in [-0.1, -0.05) is 0 Å². The maximum absolute atomic E-state index is 11.4. The van der Waals surface area contributed by atoms with Gasteiger partial charge in [-0.15, -0.1) is 0 Å². The highest BCUT2D eigenvalue weighted by molar-refractivity contribution is 9.41. The molecule has 0 aliphatic heterocycles. The SMILES string of the molecule is COP(=O)(OC)C(Br)(Br)Br. The van der Waals surface area contributed by atoms with Gasteiger partial charge < -0.3 is 9.05 Å². The van der Waals surface area contributed by atoms with Crippen molar-refractivity contribution in [2.45, 2.75) is 1.88 Å². The van der Waals surface area contributed by atoms with Crippen molar-refractivity contribution in [2.24, 2.45) is 0 Å². The van der Waals surface area contributed by atoms with Crippen LogP contribution in [0.5, 0.6) is 0 Å². The summed E-state index contributed by atoms with van der Waals surface area (Å²) in [4.78, 5) is 0. The summed E-state index contributed by atoms with van der Waals surface area (Å²) in [6, 6.07) is 0. The van der Waals surface area contributed by atoms with E-state index in [0.717, 1.165) is 0 Å². The molecule has 0 rings (SSSR count). The van der Waals surface area contributed by atoms with E-state index >= 15 is 0 Å². The molecular formula is C3H6Br3O3P. The molecule has 3 nitrogen and oxygen atoms in total. The smallest absolute Gasteiger partial charge is 0.310 e. The molecule has 0 saturated heterocycles. The fourth-order valence-electron chi connectivity index (χ4n) is 0.282. The van der Waals surface area contributed by atoms with Crippen LogP contribution in [0, 0.1) is 0 Å². The van der Waals surface area contributed by atoms with E-state index in [4.69, 9.17) is 0 Å². The Morgan fingerprint density at radius 2 is 1.50 bits per heavy atom. The van der Waals surface area contributed by atoms with Gasteiger partial charge in [0, 0.05) is 14.2 Å². The molecule has 0 aromatic heterocycles.